The summed E-state index contributed by atoms with van der Waals surface area (Å²) in [6.07, 6.45) is 4.31. The molecule has 4 rings (SSSR count). The molecule has 0 radical (unpaired) electrons. The molecule has 1 N–H and O–H groups in total. The number of fused-ring (bicyclic) bond motifs is 1. The quantitative estimate of drug-likeness (QED) is 0.699. The van der Waals surface area contributed by atoms with Crippen LogP contribution in [0.2, 0.25) is 0 Å². The molecule has 1 aromatic carbocycles. The predicted molar refractivity (Wildman–Crippen MR) is 109 cm³/mol. The zero-order chi connectivity index (χ0) is 17.6. The number of nitrogens with zero attached hydrogens (tertiary/aromatic N) is 2. The predicted octanol–water partition coefficient (Wildman–Crippen LogP) is 4.62. The highest BCUT2D eigenvalue weighted by Crippen LogP contribution is 2.49. The van der Waals surface area contributed by atoms with Crippen LogP contribution >= 0.6 is 22.6 Å². The van der Waals surface area contributed by atoms with Gasteiger partial charge in [-0.15, -0.1) is 0 Å². The number of hydrogen-bond donors (Lipinski definition) is 1. The summed E-state index contributed by atoms with van der Waals surface area (Å²) in [6, 6.07) is 12.8. The maximum atomic E-state index is 12.4. The highest BCUT2D eigenvalue weighted by atomic mass is 127. The van der Waals surface area contributed by atoms with Crippen LogP contribution in [0.4, 0.5) is 11.5 Å². The molecule has 2 aromatic rings. The van der Waals surface area contributed by atoms with Crippen LogP contribution in [0.25, 0.3) is 0 Å². The minimum Gasteiger partial charge on any atom is -0.363 e. The topological polar surface area (TPSA) is 45.2 Å². The standard InChI is InChI=1S/C20H22IN3O/c1-12-19(23-18-10-9-15(21)11-22-18)16-5-3-4-6-17(16)24(13(2)25)20(12)14-7-8-14/h3-6,9-12,14,19-20H,7-8H2,1-2H3,(H,22,23)/t12-,19-,20-/m1/s1. The van der Waals surface area contributed by atoms with Gasteiger partial charge in [0.1, 0.15) is 5.82 Å². The van der Waals surface area contributed by atoms with E-state index in [1.54, 1.807) is 6.92 Å². The van der Waals surface area contributed by atoms with E-state index in [0.29, 0.717) is 11.8 Å². The number of nitrogens with one attached hydrogen (secondary N) is 1. The van der Waals surface area contributed by atoms with Gasteiger partial charge in [0.05, 0.1) is 6.04 Å². The number of carbonyl (C=O) groups is 1. The monoisotopic (exact) mass is 447 g/mol. The molecule has 1 aliphatic heterocycles. The Hall–Kier alpha value is -1.63. The summed E-state index contributed by atoms with van der Waals surface area (Å²) in [7, 11) is 0. The third kappa shape index (κ3) is 3.14. The molecule has 130 valence electrons. The molecule has 1 saturated carbocycles. The van der Waals surface area contributed by atoms with Crippen molar-refractivity contribution in [3.05, 3.63) is 51.7 Å². The second kappa shape index (κ2) is 6.59. The molecule has 0 bridgehead atoms. The Morgan fingerprint density at radius 1 is 1.24 bits per heavy atom. The van der Waals surface area contributed by atoms with E-state index in [1.165, 1.54) is 18.4 Å². The van der Waals surface area contributed by atoms with E-state index in [2.05, 4.69) is 64.1 Å². The van der Waals surface area contributed by atoms with Gasteiger partial charge in [-0.2, -0.15) is 0 Å². The van der Waals surface area contributed by atoms with Crippen molar-refractivity contribution >= 4 is 40.0 Å². The summed E-state index contributed by atoms with van der Waals surface area (Å²) in [5.74, 6) is 1.97. The lowest BCUT2D eigenvalue weighted by atomic mass is 9.80. The Morgan fingerprint density at radius 3 is 2.64 bits per heavy atom. The van der Waals surface area contributed by atoms with E-state index in [1.807, 2.05) is 23.2 Å². The molecule has 0 saturated heterocycles. The molecule has 4 nitrogen and oxygen atoms in total. The molecule has 3 atom stereocenters. The second-order valence-electron chi connectivity index (χ2n) is 7.12. The fourth-order valence-electron chi connectivity index (χ4n) is 4.13. The number of para-hydroxylation sites is 1. The van der Waals surface area contributed by atoms with E-state index < -0.39 is 0 Å². The first kappa shape index (κ1) is 16.8. The van der Waals surface area contributed by atoms with Crippen LogP contribution in [-0.2, 0) is 4.79 Å². The summed E-state index contributed by atoms with van der Waals surface area (Å²) < 4.78 is 1.12. The zero-order valence-corrected chi connectivity index (χ0v) is 16.6. The van der Waals surface area contributed by atoms with Crippen molar-refractivity contribution in [1.82, 2.24) is 4.98 Å². The first-order valence-corrected chi connectivity index (χ1v) is 9.91. The average molecular weight is 447 g/mol. The molecular weight excluding hydrogens is 425 g/mol. The molecule has 1 amide bonds. The molecular formula is C20H22IN3O. The van der Waals surface area contributed by atoms with Crippen LogP contribution in [-0.4, -0.2) is 16.9 Å². The van der Waals surface area contributed by atoms with Gasteiger partial charge in [0.25, 0.3) is 0 Å². The Morgan fingerprint density at radius 2 is 2.00 bits per heavy atom. The Balaban J connectivity index is 1.76. The summed E-state index contributed by atoms with van der Waals surface area (Å²) >= 11 is 2.27. The van der Waals surface area contributed by atoms with E-state index in [9.17, 15) is 4.79 Å². The number of carbonyl (C=O) groups excluding carboxylic acids is 1. The zero-order valence-electron chi connectivity index (χ0n) is 14.4. The number of halogens is 1. The van der Waals surface area contributed by atoms with Crippen LogP contribution in [0.3, 0.4) is 0 Å². The minimum atomic E-state index is 0.141. The summed E-state index contributed by atoms with van der Waals surface area (Å²) in [5, 5.41) is 3.63. The maximum Gasteiger partial charge on any atom is 0.224 e. The second-order valence-corrected chi connectivity index (χ2v) is 8.36. The van der Waals surface area contributed by atoms with Crippen molar-refractivity contribution in [3.8, 4) is 0 Å². The van der Waals surface area contributed by atoms with Gasteiger partial charge >= 0.3 is 0 Å². The number of pyridine rings is 1. The van der Waals surface area contributed by atoms with Crippen molar-refractivity contribution in [2.24, 2.45) is 11.8 Å². The minimum absolute atomic E-state index is 0.141. The number of anilines is 2. The van der Waals surface area contributed by atoms with E-state index in [4.69, 9.17) is 0 Å². The fourth-order valence-corrected chi connectivity index (χ4v) is 4.45. The van der Waals surface area contributed by atoms with Gasteiger partial charge in [-0.05, 0) is 65.1 Å². The molecule has 1 aromatic heterocycles. The van der Waals surface area contributed by atoms with Crippen molar-refractivity contribution in [2.75, 3.05) is 10.2 Å². The Bertz CT molecular complexity index is 788. The van der Waals surface area contributed by atoms with E-state index >= 15 is 0 Å². The van der Waals surface area contributed by atoms with Gasteiger partial charge < -0.3 is 10.2 Å². The average Bonchev–Trinajstić information content (AvgIpc) is 3.43. The third-order valence-electron chi connectivity index (χ3n) is 5.37. The largest absolute Gasteiger partial charge is 0.363 e. The van der Waals surface area contributed by atoms with Gasteiger partial charge in [0.2, 0.25) is 5.91 Å². The third-order valence-corrected chi connectivity index (χ3v) is 6.01. The highest BCUT2D eigenvalue weighted by molar-refractivity contribution is 14.1. The van der Waals surface area contributed by atoms with Crippen LogP contribution in [0.15, 0.2) is 42.6 Å². The smallest absolute Gasteiger partial charge is 0.224 e. The first-order chi connectivity index (χ1) is 12.1. The molecule has 5 heteroatoms. The maximum absolute atomic E-state index is 12.4. The van der Waals surface area contributed by atoms with Crippen LogP contribution < -0.4 is 10.2 Å². The molecule has 2 heterocycles. The Labute approximate surface area is 162 Å². The first-order valence-electron chi connectivity index (χ1n) is 8.83. The van der Waals surface area contributed by atoms with Crippen LogP contribution in [0.5, 0.6) is 0 Å². The van der Waals surface area contributed by atoms with Crippen molar-refractivity contribution in [2.45, 2.75) is 38.8 Å². The lowest BCUT2D eigenvalue weighted by molar-refractivity contribution is -0.117. The van der Waals surface area contributed by atoms with Crippen molar-refractivity contribution < 1.29 is 4.79 Å². The van der Waals surface area contributed by atoms with Gasteiger partial charge in [-0.1, -0.05) is 25.1 Å². The summed E-state index contributed by atoms with van der Waals surface area (Å²) in [6.45, 7) is 3.95. The number of amides is 1. The van der Waals surface area contributed by atoms with Gasteiger partial charge in [0, 0.05) is 34.3 Å². The lowest BCUT2D eigenvalue weighted by Gasteiger charge is -2.45. The lowest BCUT2D eigenvalue weighted by Crippen LogP contribution is -2.51. The summed E-state index contributed by atoms with van der Waals surface area (Å²) in [4.78, 5) is 19.0. The van der Waals surface area contributed by atoms with Crippen LogP contribution in [0.1, 0.15) is 38.3 Å². The van der Waals surface area contributed by atoms with Crippen molar-refractivity contribution in [3.63, 3.8) is 0 Å². The molecule has 0 spiro atoms. The Kier molecular flexibility index (Phi) is 4.43. The van der Waals surface area contributed by atoms with Crippen LogP contribution in [0, 0.1) is 15.4 Å². The molecule has 25 heavy (non-hydrogen) atoms. The molecule has 2 aliphatic rings. The van der Waals surface area contributed by atoms with Gasteiger partial charge in [-0.25, -0.2) is 4.98 Å². The molecule has 0 unspecified atom stereocenters. The van der Waals surface area contributed by atoms with Crippen molar-refractivity contribution in [1.29, 1.82) is 0 Å². The fraction of sp³-hybridized carbons (Fsp3) is 0.400. The highest BCUT2D eigenvalue weighted by Gasteiger charge is 2.47. The molecule has 1 fully saturated rings. The molecule has 1 aliphatic carbocycles. The number of benzene rings is 1. The van der Waals surface area contributed by atoms with Gasteiger partial charge in [0.15, 0.2) is 0 Å². The number of aromatic nitrogens is 1. The number of hydrogen-bond acceptors (Lipinski definition) is 3. The SMILES string of the molecule is CC(=O)N1c2ccccc2[C@H](Nc2ccc(I)cn2)[C@@H](C)[C@@H]1C1CC1. The summed E-state index contributed by atoms with van der Waals surface area (Å²) in [5.41, 5.74) is 2.23. The number of rotatable bonds is 3. The van der Waals surface area contributed by atoms with E-state index in [-0.39, 0.29) is 18.0 Å². The van der Waals surface area contributed by atoms with E-state index in [0.717, 1.165) is 15.1 Å². The normalized spacial score (nSPS) is 25.4. The van der Waals surface area contributed by atoms with Gasteiger partial charge in [-0.3, -0.25) is 4.79 Å².